The number of alkyl halides is 3. The topological polar surface area (TPSA) is 75.2 Å². The number of amides is 1. The van der Waals surface area contributed by atoms with Crippen LogP contribution >= 0.6 is 11.8 Å². The zero-order chi connectivity index (χ0) is 28.1. The summed E-state index contributed by atoms with van der Waals surface area (Å²) in [6.07, 6.45) is 4.08. The van der Waals surface area contributed by atoms with Crippen LogP contribution in [0, 0.1) is 5.82 Å². The normalized spacial score (nSPS) is 15.9. The van der Waals surface area contributed by atoms with Gasteiger partial charge in [0.2, 0.25) is 6.41 Å². The molecule has 6 nitrogen and oxygen atoms in total. The molecule has 2 atom stereocenters. The van der Waals surface area contributed by atoms with E-state index in [0.29, 0.717) is 34.3 Å². The summed E-state index contributed by atoms with van der Waals surface area (Å²) < 4.78 is 63.5. The summed E-state index contributed by atoms with van der Waals surface area (Å²) in [5.74, 6) is -0.287. The molecule has 3 aromatic rings. The van der Waals surface area contributed by atoms with Gasteiger partial charge in [0, 0.05) is 23.0 Å². The molecule has 206 valence electrons. The fourth-order valence-electron chi connectivity index (χ4n) is 3.47. The molecule has 1 N–H and O–H groups in total. The molecule has 2 heterocycles. The van der Waals surface area contributed by atoms with E-state index in [-0.39, 0.29) is 29.0 Å². The third-order valence-corrected chi connectivity index (χ3v) is 7.58. The van der Waals surface area contributed by atoms with E-state index < -0.39 is 16.5 Å². The highest BCUT2D eigenvalue weighted by Gasteiger charge is 2.29. The lowest BCUT2D eigenvalue weighted by Gasteiger charge is -2.19. The summed E-state index contributed by atoms with van der Waals surface area (Å²) in [4.78, 5) is 19.1. The van der Waals surface area contributed by atoms with Gasteiger partial charge in [-0.3, -0.25) is 4.79 Å². The number of halogens is 4. The predicted octanol–water partition coefficient (Wildman–Crippen LogP) is 6.36. The molecule has 38 heavy (non-hydrogen) atoms. The molecule has 1 aliphatic heterocycles. The Morgan fingerprint density at radius 3 is 2.32 bits per heavy atom. The molecular formula is C26H30F4N4O2S2. The summed E-state index contributed by atoms with van der Waals surface area (Å²) >= 11 is -0.163. The molecule has 1 aromatic heterocycles. The Kier molecular flexibility index (Phi) is 12.8. The third-order valence-electron chi connectivity index (χ3n) is 5.19. The van der Waals surface area contributed by atoms with Crippen molar-refractivity contribution in [3.8, 4) is 11.3 Å². The minimum atomic E-state index is -4.30. The van der Waals surface area contributed by atoms with Crippen LogP contribution in [0.15, 0.2) is 70.7 Å². The number of benzene rings is 2. The van der Waals surface area contributed by atoms with Crippen molar-refractivity contribution in [2.45, 2.75) is 61.5 Å². The molecule has 0 saturated carbocycles. The van der Waals surface area contributed by atoms with Crippen molar-refractivity contribution in [1.29, 1.82) is 0 Å². The van der Waals surface area contributed by atoms with Gasteiger partial charge in [-0.25, -0.2) is 22.9 Å². The second-order valence-corrected chi connectivity index (χ2v) is 10.4. The lowest BCUT2D eigenvalue weighted by Crippen LogP contribution is -2.28. The number of nitrogens with one attached hydrogen (secondary N) is 1. The van der Waals surface area contributed by atoms with Crippen LogP contribution in [0.5, 0.6) is 0 Å². The van der Waals surface area contributed by atoms with Crippen molar-refractivity contribution in [3.05, 3.63) is 72.4 Å². The van der Waals surface area contributed by atoms with Gasteiger partial charge in [0.15, 0.2) is 0 Å². The summed E-state index contributed by atoms with van der Waals surface area (Å²) in [5.41, 5.74) is -2.43. The van der Waals surface area contributed by atoms with Gasteiger partial charge in [0.1, 0.15) is 23.1 Å². The van der Waals surface area contributed by atoms with E-state index in [1.54, 1.807) is 30.3 Å². The van der Waals surface area contributed by atoms with E-state index in [2.05, 4.69) is 22.2 Å². The van der Waals surface area contributed by atoms with E-state index in [9.17, 15) is 26.6 Å². The number of hydrogen-bond donors (Lipinski definition) is 1. The average Bonchev–Trinajstić information content (AvgIpc) is 3.34. The van der Waals surface area contributed by atoms with Gasteiger partial charge in [0.05, 0.1) is 22.8 Å². The third kappa shape index (κ3) is 10.1. The van der Waals surface area contributed by atoms with E-state index in [4.69, 9.17) is 0 Å². The molecule has 2 aromatic carbocycles. The number of carbonyl (C=O) groups excluding carboxylic acids is 1. The largest absolute Gasteiger partial charge is 0.446 e. The first-order valence-corrected chi connectivity index (χ1v) is 13.9. The second-order valence-electron chi connectivity index (χ2n) is 7.80. The maximum atomic E-state index is 12.7. The summed E-state index contributed by atoms with van der Waals surface area (Å²) in [6.45, 7) is 7.21. The number of hydrogen-bond acceptors (Lipinski definition) is 5. The number of thioether (sulfide) groups is 1. The summed E-state index contributed by atoms with van der Waals surface area (Å²) in [6, 6.07) is 13.8. The number of carbonyl (C=O) groups is 1. The van der Waals surface area contributed by atoms with Crippen molar-refractivity contribution in [2.75, 3.05) is 6.54 Å². The Morgan fingerprint density at radius 2 is 1.76 bits per heavy atom. The highest BCUT2D eigenvalue weighted by atomic mass is 32.2. The van der Waals surface area contributed by atoms with Crippen molar-refractivity contribution >= 4 is 29.2 Å². The van der Waals surface area contributed by atoms with Crippen molar-refractivity contribution in [1.82, 2.24) is 19.6 Å². The predicted molar refractivity (Wildman–Crippen MR) is 142 cm³/mol. The Bertz CT molecular complexity index is 1160. The van der Waals surface area contributed by atoms with Crippen LogP contribution in [-0.2, 0) is 22.3 Å². The van der Waals surface area contributed by atoms with Gasteiger partial charge in [-0.15, -0.1) is 0 Å². The second kappa shape index (κ2) is 15.6. The molecule has 0 spiro atoms. The summed E-state index contributed by atoms with van der Waals surface area (Å²) in [5, 5.41) is 2.48. The van der Waals surface area contributed by atoms with Crippen LogP contribution in [0.4, 0.5) is 17.6 Å². The maximum absolute atomic E-state index is 12.7. The van der Waals surface area contributed by atoms with Crippen LogP contribution in [0.3, 0.4) is 0 Å². The molecule has 1 aliphatic rings. The monoisotopic (exact) mass is 570 g/mol. The van der Waals surface area contributed by atoms with E-state index in [0.717, 1.165) is 19.4 Å². The maximum Gasteiger partial charge on any atom is 0.446 e. The van der Waals surface area contributed by atoms with E-state index >= 15 is 0 Å². The fourth-order valence-corrected chi connectivity index (χ4v) is 5.37. The molecule has 12 heteroatoms. The lowest BCUT2D eigenvalue weighted by atomic mass is 10.1. The molecule has 0 radical (unpaired) electrons. The van der Waals surface area contributed by atoms with Crippen molar-refractivity contribution < 1.29 is 26.6 Å². The average molecular weight is 571 g/mol. The molecule has 4 rings (SSSR count). The first-order valence-electron chi connectivity index (χ1n) is 11.9. The molecular weight excluding hydrogens is 540 g/mol. The fraction of sp³-hybridized carbons (Fsp3) is 0.346. The van der Waals surface area contributed by atoms with Crippen LogP contribution in [0.2, 0.25) is 0 Å². The van der Waals surface area contributed by atoms with E-state index in [1.807, 2.05) is 18.2 Å². The van der Waals surface area contributed by atoms with Crippen LogP contribution < -0.4 is 5.32 Å². The van der Waals surface area contributed by atoms with E-state index in [1.165, 1.54) is 30.6 Å². The minimum Gasteiger partial charge on any atom is -0.353 e. The zero-order valence-corrected chi connectivity index (χ0v) is 22.9. The lowest BCUT2D eigenvalue weighted by molar-refractivity contribution is -0.109. The highest BCUT2D eigenvalue weighted by molar-refractivity contribution is 8.00. The smallest absolute Gasteiger partial charge is 0.353 e. The number of aromatic nitrogens is 2. The molecule has 0 aliphatic carbocycles. The van der Waals surface area contributed by atoms with Gasteiger partial charge in [-0.1, -0.05) is 26.0 Å². The Hall–Kier alpha value is -2.83. The Morgan fingerprint density at radius 1 is 1.11 bits per heavy atom. The van der Waals surface area contributed by atoms with Crippen LogP contribution in [-0.4, -0.2) is 43.0 Å². The quantitative estimate of drug-likeness (QED) is 0.203. The van der Waals surface area contributed by atoms with Gasteiger partial charge in [-0.05, 0) is 74.0 Å². The van der Waals surface area contributed by atoms with Gasteiger partial charge in [0.25, 0.3) is 0 Å². The zero-order valence-electron chi connectivity index (χ0n) is 21.2. The molecule has 1 amide bonds. The molecule has 0 bridgehead atoms. The first kappa shape index (κ1) is 31.4. The molecule has 1 saturated heterocycles. The van der Waals surface area contributed by atoms with Gasteiger partial charge < -0.3 is 5.32 Å². The number of nitrogens with zero attached hydrogens (tertiary/aromatic N) is 3. The van der Waals surface area contributed by atoms with Crippen LogP contribution in [0.25, 0.3) is 11.3 Å². The van der Waals surface area contributed by atoms with Crippen LogP contribution in [0.1, 0.15) is 39.3 Å². The highest BCUT2D eigenvalue weighted by Crippen LogP contribution is 2.37. The van der Waals surface area contributed by atoms with Gasteiger partial charge in [-0.2, -0.15) is 13.2 Å². The van der Waals surface area contributed by atoms with Crippen molar-refractivity contribution in [2.24, 2.45) is 0 Å². The standard InChI is InChI=1S/C13H10F3N3OS.C11H14FNOS.C2H6/c14-13(15,16)21-11-3-1-9(2-4-11)12-5-10(6-17-8-20)18-7-19-12;1-9-3-2-8-13(9)15(14)11-6-4-10(12)5-7-11;1-2/h1-5,7-8H,6H2,(H,17,20);4-7,9H,2-3,8H2,1H3;1-2H3. The Labute approximate surface area is 226 Å². The minimum absolute atomic E-state index is 0.114. The first-order chi connectivity index (χ1) is 18.2. The Balaban J connectivity index is 0.000000262. The van der Waals surface area contributed by atoms with Gasteiger partial charge >= 0.3 is 5.51 Å². The SMILES string of the molecule is CC.CC1CCCN1S(=O)c1ccc(F)cc1.O=CNCc1cc(-c2ccc(SC(F)(F)F)cc2)ncn1. The molecule has 1 fully saturated rings. The number of rotatable bonds is 7. The summed E-state index contributed by atoms with van der Waals surface area (Å²) in [7, 11) is -1.13. The molecule has 2 unspecified atom stereocenters. The van der Waals surface area contributed by atoms with Crippen molar-refractivity contribution in [3.63, 3.8) is 0 Å².